The third-order valence-corrected chi connectivity index (χ3v) is 4.59. The Bertz CT molecular complexity index is 512. The molecule has 1 fully saturated rings. The van der Waals surface area contributed by atoms with Crippen LogP contribution in [0.4, 0.5) is 0 Å². The van der Waals surface area contributed by atoms with E-state index in [4.69, 9.17) is 9.84 Å². The number of carboxylic acid groups (broad SMARTS) is 1. The van der Waals surface area contributed by atoms with Gasteiger partial charge >= 0.3 is 5.97 Å². The highest BCUT2D eigenvalue weighted by Crippen LogP contribution is 2.34. The van der Waals surface area contributed by atoms with Gasteiger partial charge in [0.15, 0.2) is 0 Å². The van der Waals surface area contributed by atoms with Gasteiger partial charge in [0.05, 0.1) is 6.61 Å². The van der Waals surface area contributed by atoms with Crippen LogP contribution >= 0.6 is 0 Å². The normalized spacial score (nSPS) is 24.3. The third-order valence-electron chi connectivity index (χ3n) is 4.59. The third kappa shape index (κ3) is 3.04. The van der Waals surface area contributed by atoms with Gasteiger partial charge in [-0.1, -0.05) is 18.2 Å². The molecule has 0 bridgehead atoms. The maximum Gasteiger partial charge on any atom is 0.320 e. The van der Waals surface area contributed by atoms with Crippen LogP contribution < -0.4 is 4.74 Å². The highest BCUT2D eigenvalue weighted by atomic mass is 16.5. The van der Waals surface area contributed by atoms with Gasteiger partial charge in [-0.25, -0.2) is 0 Å². The molecule has 114 valence electrons. The molecule has 0 saturated carbocycles. The Balaban J connectivity index is 1.54. The molecule has 5 heteroatoms. The van der Waals surface area contributed by atoms with Crippen molar-refractivity contribution in [3.05, 3.63) is 29.8 Å². The zero-order chi connectivity index (χ0) is 14.8. The Labute approximate surface area is 125 Å². The lowest BCUT2D eigenvalue weighted by Gasteiger charge is -2.37. The van der Waals surface area contributed by atoms with E-state index in [0.717, 1.165) is 45.1 Å². The summed E-state index contributed by atoms with van der Waals surface area (Å²) in [6.45, 7) is 7.01. The number of hydrogen-bond donors (Lipinski definition) is 1. The number of hydrogen-bond acceptors (Lipinski definition) is 4. The minimum absolute atomic E-state index is 0.386. The number of rotatable bonds is 4. The fourth-order valence-corrected chi connectivity index (χ4v) is 3.18. The highest BCUT2D eigenvalue weighted by molar-refractivity contribution is 5.72. The van der Waals surface area contributed by atoms with Crippen LogP contribution in [-0.2, 0) is 4.79 Å². The Morgan fingerprint density at radius 3 is 2.76 bits per heavy atom. The lowest BCUT2D eigenvalue weighted by atomic mass is 10.0. The van der Waals surface area contributed by atoms with Gasteiger partial charge in [0.2, 0.25) is 0 Å². The molecule has 0 aliphatic carbocycles. The molecule has 2 unspecified atom stereocenters. The summed E-state index contributed by atoms with van der Waals surface area (Å²) in [6, 6.07) is 7.86. The molecule has 1 aromatic carbocycles. The summed E-state index contributed by atoms with van der Waals surface area (Å²) in [7, 11) is 0. The first-order chi connectivity index (χ1) is 10.1. The predicted molar refractivity (Wildman–Crippen MR) is 79.8 cm³/mol. The summed E-state index contributed by atoms with van der Waals surface area (Å²) in [4.78, 5) is 15.5. The zero-order valence-electron chi connectivity index (χ0n) is 12.4. The number of ether oxygens (including phenoxy) is 1. The SMILES string of the molecule is CC(C(=O)O)N1CCN(CC2COc3ccccc32)CC1. The standard InChI is InChI=1S/C16H22N2O3/c1-12(16(19)20)18-8-6-17(7-9-18)10-13-11-21-15-5-3-2-4-14(13)15/h2-5,12-13H,6-11H2,1H3,(H,19,20). The van der Waals surface area contributed by atoms with Gasteiger partial charge in [-0.3, -0.25) is 9.69 Å². The smallest absolute Gasteiger partial charge is 0.320 e. The summed E-state index contributed by atoms with van der Waals surface area (Å²) in [5.74, 6) is 0.715. The van der Waals surface area contributed by atoms with Gasteiger partial charge in [0, 0.05) is 44.2 Å². The minimum atomic E-state index is -0.735. The highest BCUT2D eigenvalue weighted by Gasteiger charge is 2.29. The summed E-state index contributed by atoms with van der Waals surface area (Å²) >= 11 is 0. The van der Waals surface area contributed by atoms with Crippen molar-refractivity contribution in [2.45, 2.75) is 18.9 Å². The van der Waals surface area contributed by atoms with Crippen LogP contribution in [0, 0.1) is 0 Å². The van der Waals surface area contributed by atoms with Crippen molar-refractivity contribution in [3.63, 3.8) is 0 Å². The summed E-state index contributed by atoms with van der Waals surface area (Å²) in [5, 5.41) is 9.07. The number of carbonyl (C=O) groups is 1. The second-order valence-electron chi connectivity index (χ2n) is 5.90. The Morgan fingerprint density at radius 2 is 2.05 bits per heavy atom. The van der Waals surface area contributed by atoms with Crippen LogP contribution in [0.3, 0.4) is 0 Å². The molecule has 1 aromatic rings. The number of aliphatic carboxylic acids is 1. The summed E-state index contributed by atoms with van der Waals surface area (Å²) in [5.41, 5.74) is 1.30. The molecular formula is C16H22N2O3. The van der Waals surface area contributed by atoms with E-state index in [1.165, 1.54) is 5.56 Å². The topological polar surface area (TPSA) is 53.0 Å². The molecule has 2 aliphatic rings. The summed E-state index contributed by atoms with van der Waals surface area (Å²) in [6.07, 6.45) is 0. The van der Waals surface area contributed by atoms with Crippen LogP contribution in [0.1, 0.15) is 18.4 Å². The van der Waals surface area contributed by atoms with E-state index in [-0.39, 0.29) is 6.04 Å². The number of nitrogens with zero attached hydrogens (tertiary/aromatic N) is 2. The quantitative estimate of drug-likeness (QED) is 0.904. The van der Waals surface area contributed by atoms with E-state index in [2.05, 4.69) is 17.0 Å². The molecule has 5 nitrogen and oxygen atoms in total. The van der Waals surface area contributed by atoms with E-state index >= 15 is 0 Å². The maximum atomic E-state index is 11.0. The van der Waals surface area contributed by atoms with Crippen molar-refractivity contribution in [3.8, 4) is 5.75 Å². The monoisotopic (exact) mass is 290 g/mol. The average Bonchev–Trinajstić information content (AvgIpc) is 2.91. The van der Waals surface area contributed by atoms with Crippen LogP contribution in [0.2, 0.25) is 0 Å². The maximum absolute atomic E-state index is 11.0. The zero-order valence-corrected chi connectivity index (χ0v) is 12.4. The second-order valence-corrected chi connectivity index (χ2v) is 5.90. The lowest BCUT2D eigenvalue weighted by molar-refractivity contribution is -0.143. The van der Waals surface area contributed by atoms with E-state index in [0.29, 0.717) is 5.92 Å². The van der Waals surface area contributed by atoms with E-state index in [1.54, 1.807) is 6.92 Å². The van der Waals surface area contributed by atoms with Gasteiger partial charge in [-0.05, 0) is 13.0 Å². The van der Waals surface area contributed by atoms with Crippen molar-refractivity contribution in [1.82, 2.24) is 9.80 Å². The molecule has 0 amide bonds. The summed E-state index contributed by atoms with van der Waals surface area (Å²) < 4.78 is 5.73. The number of benzene rings is 1. The Hall–Kier alpha value is -1.59. The van der Waals surface area contributed by atoms with Crippen molar-refractivity contribution < 1.29 is 14.6 Å². The predicted octanol–water partition coefficient (Wildman–Crippen LogP) is 1.25. The molecule has 2 atom stereocenters. The number of carboxylic acids is 1. The molecular weight excluding hydrogens is 268 g/mol. The van der Waals surface area contributed by atoms with Gasteiger partial charge in [0.25, 0.3) is 0 Å². The molecule has 0 spiro atoms. The van der Waals surface area contributed by atoms with Crippen molar-refractivity contribution >= 4 is 5.97 Å². The fraction of sp³-hybridized carbons (Fsp3) is 0.562. The Kier molecular flexibility index (Phi) is 4.12. The van der Waals surface area contributed by atoms with Gasteiger partial charge < -0.3 is 14.7 Å². The molecule has 3 rings (SSSR count). The molecule has 0 aromatic heterocycles. The van der Waals surface area contributed by atoms with Crippen LogP contribution in [-0.4, -0.2) is 66.2 Å². The molecule has 2 heterocycles. The fourth-order valence-electron chi connectivity index (χ4n) is 3.18. The first kappa shape index (κ1) is 14.4. The molecule has 0 radical (unpaired) electrons. The van der Waals surface area contributed by atoms with E-state index in [1.807, 2.05) is 17.0 Å². The van der Waals surface area contributed by atoms with E-state index < -0.39 is 5.97 Å². The Morgan fingerprint density at radius 1 is 1.33 bits per heavy atom. The molecule has 1 N–H and O–H groups in total. The van der Waals surface area contributed by atoms with E-state index in [9.17, 15) is 4.79 Å². The number of fused-ring (bicyclic) bond motifs is 1. The molecule has 2 aliphatic heterocycles. The molecule has 1 saturated heterocycles. The van der Waals surface area contributed by atoms with Crippen LogP contribution in [0.5, 0.6) is 5.75 Å². The number of para-hydroxylation sites is 1. The van der Waals surface area contributed by atoms with Gasteiger partial charge in [-0.2, -0.15) is 0 Å². The molecule has 21 heavy (non-hydrogen) atoms. The first-order valence-electron chi connectivity index (χ1n) is 7.56. The average molecular weight is 290 g/mol. The van der Waals surface area contributed by atoms with Crippen molar-refractivity contribution in [2.24, 2.45) is 0 Å². The second kappa shape index (κ2) is 6.03. The minimum Gasteiger partial charge on any atom is -0.493 e. The number of piperazine rings is 1. The van der Waals surface area contributed by atoms with Crippen molar-refractivity contribution in [1.29, 1.82) is 0 Å². The lowest BCUT2D eigenvalue weighted by Crippen LogP contribution is -2.52. The van der Waals surface area contributed by atoms with Crippen LogP contribution in [0.25, 0.3) is 0 Å². The van der Waals surface area contributed by atoms with Gasteiger partial charge in [-0.15, -0.1) is 0 Å². The van der Waals surface area contributed by atoms with Crippen molar-refractivity contribution in [2.75, 3.05) is 39.3 Å². The largest absolute Gasteiger partial charge is 0.493 e. The van der Waals surface area contributed by atoms with Crippen LogP contribution in [0.15, 0.2) is 24.3 Å². The first-order valence-corrected chi connectivity index (χ1v) is 7.56. The van der Waals surface area contributed by atoms with Gasteiger partial charge in [0.1, 0.15) is 11.8 Å².